The number of hydrogen-bond acceptors (Lipinski definition) is 20. The predicted octanol–water partition coefficient (Wildman–Crippen LogP) is 12.3. The molecule has 9 N–H and O–H groups in total. The molecule has 0 aliphatic carbocycles. The second-order valence-electron chi connectivity index (χ2n) is 19.8. The summed E-state index contributed by atoms with van der Waals surface area (Å²) < 4.78 is 35.3. The Kier molecular flexibility index (Phi) is 39.1. The minimum absolute atomic E-state index is 0. The number of carboxylic acids is 1. The van der Waals surface area contributed by atoms with Crippen LogP contribution in [0.3, 0.4) is 0 Å². The van der Waals surface area contributed by atoms with Crippen LogP contribution in [0.15, 0.2) is 92.6 Å². The van der Waals surface area contributed by atoms with Crippen molar-refractivity contribution in [3.63, 3.8) is 0 Å². The van der Waals surface area contributed by atoms with Gasteiger partial charge in [-0.15, -0.1) is 11.3 Å². The minimum atomic E-state index is -1.22. The molecule has 0 amide bonds. The zero-order chi connectivity index (χ0) is 66.8. The number of carbonyl (C=O) groups excluding carboxylic acids is 3. The maximum Gasteiger partial charge on any atom is 1.00 e. The van der Waals surface area contributed by atoms with Crippen LogP contribution < -0.4 is 75.2 Å². The Morgan fingerprint density at radius 1 is 0.625 bits per heavy atom. The van der Waals surface area contributed by atoms with Gasteiger partial charge >= 0.3 is 37.0 Å². The SMILES string of the molecule is C.C.C.C.CC(C)NC(N)=S.CCC(=O)c1cc(OC(=O)OCC(C)C)c2ccc(OC)c(Cl)c2n1.COC(=O)c1cc(=O)c2ccc(OC)c(Cl)c2[nH]1.COc1ccc2c(=O)cc(-c3csc(NC(C)C)n3)[nH]c2c1Cl.COc1ccc2c(=O)cc(C(=O)O)[nH]c2c1Cl.[Li+].[OH-]. The number of thiazole rings is 1. The molecule has 0 saturated carbocycles. The van der Waals surface area contributed by atoms with E-state index in [-0.39, 0.29) is 133 Å². The maximum absolute atomic E-state index is 12.3. The van der Waals surface area contributed by atoms with Crippen LogP contribution in [-0.4, -0.2) is 119 Å². The number of aromatic amines is 3. The summed E-state index contributed by atoms with van der Waals surface area (Å²) in [6, 6.07) is 18.8. The summed E-state index contributed by atoms with van der Waals surface area (Å²) in [5.74, 6) is 0.0254. The van der Waals surface area contributed by atoms with Crippen molar-refractivity contribution in [1.82, 2.24) is 30.2 Å². The number of ketones is 1. The first-order chi connectivity index (χ1) is 42.6. The van der Waals surface area contributed by atoms with Crippen molar-refractivity contribution in [3.05, 3.63) is 146 Å². The first-order valence-electron chi connectivity index (χ1n) is 26.9. The summed E-state index contributed by atoms with van der Waals surface area (Å²) in [5, 5.41) is 20.8. The molecular weight excluding hydrogens is 1360 g/mol. The number of Topliss-reactive ketones (excluding diaryl/α,β-unsaturated/α-hetero) is 1. The fourth-order valence-electron chi connectivity index (χ4n) is 7.86. The molecule has 31 heteroatoms. The summed E-state index contributed by atoms with van der Waals surface area (Å²) in [4.78, 5) is 99.5. The van der Waals surface area contributed by atoms with E-state index in [2.05, 4.69) is 52.5 Å². The molecule has 0 bridgehead atoms. The largest absolute Gasteiger partial charge is 1.00 e. The summed E-state index contributed by atoms with van der Waals surface area (Å²) >= 11 is 30.7. The third kappa shape index (κ3) is 23.6. The van der Waals surface area contributed by atoms with Gasteiger partial charge in [-0.2, -0.15) is 0 Å². The van der Waals surface area contributed by atoms with Crippen molar-refractivity contribution < 1.29 is 81.8 Å². The van der Waals surface area contributed by atoms with Crippen LogP contribution in [0.2, 0.25) is 20.1 Å². The molecule has 0 aliphatic heterocycles. The molecule has 96 heavy (non-hydrogen) atoms. The fraction of sp³-hybridized carbons (Fsp3) is 0.323. The van der Waals surface area contributed by atoms with Crippen LogP contribution in [0.4, 0.5) is 9.93 Å². The number of thiocarbonyl (C=S) groups is 1. The summed E-state index contributed by atoms with van der Waals surface area (Å²) in [6.45, 7) is 13.8. The Labute approximate surface area is 597 Å². The molecule has 0 spiro atoms. The Hall–Kier alpha value is -8.16. The molecular formula is C65H81Cl4LiN8O16S2. The van der Waals surface area contributed by atoms with Crippen molar-refractivity contribution in [2.45, 2.75) is 96.7 Å². The topological polar surface area (TPSA) is 358 Å². The van der Waals surface area contributed by atoms with Crippen molar-refractivity contribution in [3.8, 4) is 40.1 Å². The molecule has 0 atom stereocenters. The van der Waals surface area contributed by atoms with Gasteiger partial charge < -0.3 is 75.1 Å². The average molecular weight is 1440 g/mol. The summed E-state index contributed by atoms with van der Waals surface area (Å²) in [6.07, 6.45) is -0.583. The van der Waals surface area contributed by atoms with E-state index in [1.807, 2.05) is 46.9 Å². The molecule has 9 aromatic rings. The van der Waals surface area contributed by atoms with Gasteiger partial charge in [-0.1, -0.05) is 96.9 Å². The number of hydrogen-bond donors (Lipinski definition) is 7. The van der Waals surface area contributed by atoms with Crippen molar-refractivity contribution in [1.29, 1.82) is 0 Å². The zero-order valence-electron chi connectivity index (χ0n) is 52.1. The number of H-pyrrole nitrogens is 3. The number of carboxylic acid groups (broad SMARTS) is 1. The Morgan fingerprint density at radius 3 is 1.47 bits per heavy atom. The Morgan fingerprint density at radius 2 is 1.06 bits per heavy atom. The van der Waals surface area contributed by atoms with Gasteiger partial charge in [0, 0.05) is 69.7 Å². The first-order valence-corrected chi connectivity index (χ1v) is 29.7. The van der Waals surface area contributed by atoms with Crippen LogP contribution in [0.25, 0.3) is 55.0 Å². The van der Waals surface area contributed by atoms with E-state index in [0.717, 1.165) is 11.2 Å². The molecule has 0 aliphatic rings. The fourth-order valence-corrected chi connectivity index (χ4v) is 10.1. The maximum atomic E-state index is 12.3. The number of rotatable bonds is 15. The number of aromatic nitrogens is 5. The normalized spacial score (nSPS) is 9.95. The number of halogens is 4. The molecule has 4 aromatic carbocycles. The number of carbonyl (C=O) groups is 4. The van der Waals surface area contributed by atoms with Crippen molar-refractivity contribution in [2.24, 2.45) is 11.7 Å². The van der Waals surface area contributed by atoms with Crippen molar-refractivity contribution in [2.75, 3.05) is 47.5 Å². The number of nitrogens with two attached hydrogens (primary N) is 1. The van der Waals surface area contributed by atoms with Gasteiger partial charge in [-0.3, -0.25) is 19.2 Å². The van der Waals surface area contributed by atoms with Gasteiger partial charge in [-0.25, -0.2) is 24.4 Å². The number of esters is 1. The quantitative estimate of drug-likeness (QED) is 0.0217. The number of nitrogens with zero attached hydrogens (tertiary/aromatic N) is 2. The van der Waals surface area contributed by atoms with E-state index in [1.165, 1.54) is 58.0 Å². The third-order valence-electron chi connectivity index (χ3n) is 12.0. The predicted molar refractivity (Wildman–Crippen MR) is 385 cm³/mol. The Bertz CT molecular complexity index is 4320. The van der Waals surface area contributed by atoms with Gasteiger partial charge in [0.15, 0.2) is 32.3 Å². The molecule has 0 saturated heterocycles. The van der Waals surface area contributed by atoms with E-state index >= 15 is 0 Å². The van der Waals surface area contributed by atoms with Crippen LogP contribution in [0.5, 0.6) is 28.7 Å². The smallest absolute Gasteiger partial charge is 0.870 e. The third-order valence-corrected chi connectivity index (χ3v) is 14.4. The van der Waals surface area contributed by atoms with E-state index < -0.39 is 23.5 Å². The molecule has 0 radical (unpaired) electrons. The number of nitrogens with one attached hydrogen (secondary N) is 5. The number of benzene rings is 4. The number of pyridine rings is 4. The molecule has 5 aromatic heterocycles. The van der Waals surface area contributed by atoms with E-state index in [9.17, 15) is 33.6 Å². The molecule has 5 heterocycles. The molecule has 9 rings (SSSR count). The van der Waals surface area contributed by atoms with Gasteiger partial charge in [0.2, 0.25) is 0 Å². The van der Waals surface area contributed by atoms with Crippen molar-refractivity contribution >= 4 is 148 Å². The monoisotopic (exact) mass is 1440 g/mol. The van der Waals surface area contributed by atoms with Crippen LogP contribution in [0, 0.1) is 5.92 Å². The van der Waals surface area contributed by atoms with E-state index in [4.69, 9.17) is 85.7 Å². The molecule has 0 unspecified atom stereocenters. The first kappa shape index (κ1) is 89.9. The van der Waals surface area contributed by atoms with Crippen LogP contribution >= 0.6 is 70.0 Å². The summed E-state index contributed by atoms with van der Waals surface area (Å²) in [7, 11) is 7.16. The number of anilines is 1. The number of aromatic carboxylic acids is 1. The van der Waals surface area contributed by atoms with E-state index in [0.29, 0.717) is 94.7 Å². The van der Waals surface area contributed by atoms with Gasteiger partial charge in [0.1, 0.15) is 65.9 Å². The molecule has 24 nitrogen and oxygen atoms in total. The Balaban J connectivity index is 0. The number of methoxy groups -OCH3 is 5. The van der Waals surface area contributed by atoms with E-state index in [1.54, 1.807) is 62.6 Å². The molecule has 0 fully saturated rings. The standard InChI is InChI=1S/C18H20ClNO5.C16H16ClN3O2S.C12H10ClNO4.C11H8ClNO4.C4H10N2S.4CH4.Li.H2O/c1-5-13(21)12-8-15(25-18(22)24-9-10(2)3)11-6-7-14(23-4)16(19)17(11)20-12;1-8(2)18-16-20-11(7-23-16)10-6-12(21)9-4-5-13(22-3)14(17)15(9)19-10;1-17-9-4-3-6-8(15)5-7(12(16)18-2)14-11(6)10(9)13;1-17-8-3-2-5-7(14)4-6(11(15)16)13-10(5)9(8)12;1-3(2)6-4(5)7;;;;;;/h6-8,10H,5,9H2,1-4H3;4-8H,1-3H3,(H,18,20)(H,19,21);3-5H,1-2H3,(H,14,15);2-4H,1H3,(H,13,14)(H,15,16);3H,1-2H3,(H3,5,6,7);4*1H4;;1H2/q;;;;;;;;;+1;/p-1. The second kappa shape index (κ2) is 41.7. The minimum Gasteiger partial charge on any atom is -0.870 e. The number of fused-ring (bicyclic) bond motifs is 4. The summed E-state index contributed by atoms with van der Waals surface area (Å²) in [5.41, 5.74) is 7.12. The van der Waals surface area contributed by atoms with Gasteiger partial charge in [0.05, 0.1) is 75.6 Å². The zero-order valence-corrected chi connectivity index (χ0v) is 56.7. The average Bonchev–Trinajstić information content (AvgIpc) is 1.03. The number of ether oxygens (including phenoxy) is 7. The second-order valence-corrected chi connectivity index (χ2v) is 22.6. The van der Waals surface area contributed by atoms with Gasteiger partial charge in [-0.05, 0) is 94.4 Å². The van der Waals surface area contributed by atoms with Crippen LogP contribution in [-0.2, 0) is 9.47 Å². The molecule has 518 valence electrons. The van der Waals surface area contributed by atoms with Crippen LogP contribution in [0.1, 0.15) is 116 Å². The van der Waals surface area contributed by atoms with Gasteiger partial charge in [0.25, 0.3) is 0 Å².